The zero-order valence-corrected chi connectivity index (χ0v) is 17.7. The molecular formula is C23H23FN4O4. The highest BCUT2D eigenvalue weighted by molar-refractivity contribution is 5.96. The number of aromatic nitrogens is 2. The van der Waals surface area contributed by atoms with Gasteiger partial charge in [-0.15, -0.1) is 5.10 Å². The van der Waals surface area contributed by atoms with Gasteiger partial charge in [0.25, 0.3) is 5.91 Å². The Bertz CT molecular complexity index is 1100. The second kappa shape index (κ2) is 9.17. The highest BCUT2D eigenvalue weighted by Crippen LogP contribution is 2.31. The van der Waals surface area contributed by atoms with Gasteiger partial charge in [-0.2, -0.15) is 0 Å². The van der Waals surface area contributed by atoms with Crippen LogP contribution in [0.4, 0.5) is 16.1 Å². The number of halogens is 1. The van der Waals surface area contributed by atoms with Gasteiger partial charge >= 0.3 is 6.01 Å². The lowest BCUT2D eigenvalue weighted by molar-refractivity contribution is -0.118. The summed E-state index contributed by atoms with van der Waals surface area (Å²) < 4.78 is 24.2. The van der Waals surface area contributed by atoms with Gasteiger partial charge in [-0.25, -0.2) is 4.39 Å². The summed E-state index contributed by atoms with van der Waals surface area (Å²) in [6.45, 7) is 4.32. The Morgan fingerprint density at radius 1 is 1.19 bits per heavy atom. The van der Waals surface area contributed by atoms with Gasteiger partial charge < -0.3 is 14.1 Å². The second-order valence-electron chi connectivity index (χ2n) is 7.89. The molecule has 0 bridgehead atoms. The van der Waals surface area contributed by atoms with E-state index in [-0.39, 0.29) is 42.6 Å². The molecule has 1 atom stereocenters. The van der Waals surface area contributed by atoms with Crippen molar-refractivity contribution in [1.29, 1.82) is 0 Å². The molecule has 1 aliphatic heterocycles. The second-order valence-corrected chi connectivity index (χ2v) is 7.89. The number of carbonyl (C=O) groups excluding carboxylic acids is 2. The van der Waals surface area contributed by atoms with E-state index in [2.05, 4.69) is 29.4 Å². The Morgan fingerprint density at radius 2 is 1.91 bits per heavy atom. The molecular weight excluding hydrogens is 415 g/mol. The highest BCUT2D eigenvalue weighted by atomic mass is 19.1. The van der Waals surface area contributed by atoms with Crippen molar-refractivity contribution in [3.8, 4) is 5.75 Å². The van der Waals surface area contributed by atoms with Crippen LogP contribution in [-0.4, -0.2) is 35.2 Å². The maximum atomic E-state index is 13.1. The zero-order valence-electron chi connectivity index (χ0n) is 17.7. The molecule has 2 aromatic carbocycles. The van der Waals surface area contributed by atoms with Crippen LogP contribution in [0.2, 0.25) is 0 Å². The molecule has 2 heterocycles. The Labute approximate surface area is 184 Å². The minimum absolute atomic E-state index is 0.0589. The number of ether oxygens (including phenoxy) is 1. The molecule has 166 valence electrons. The van der Waals surface area contributed by atoms with E-state index in [0.29, 0.717) is 23.9 Å². The van der Waals surface area contributed by atoms with E-state index in [4.69, 9.17) is 9.15 Å². The average Bonchev–Trinajstić information content (AvgIpc) is 3.39. The maximum absolute atomic E-state index is 13.1. The largest absolute Gasteiger partial charge is 0.484 e. The minimum atomic E-state index is -0.441. The maximum Gasteiger partial charge on any atom is 0.322 e. The molecule has 32 heavy (non-hydrogen) atoms. The van der Waals surface area contributed by atoms with Gasteiger partial charge in [0.2, 0.25) is 11.8 Å². The van der Waals surface area contributed by atoms with Crippen molar-refractivity contribution in [1.82, 2.24) is 10.2 Å². The number of hydrogen-bond acceptors (Lipinski definition) is 6. The normalized spacial score (nSPS) is 15.9. The fourth-order valence-electron chi connectivity index (χ4n) is 3.45. The zero-order chi connectivity index (χ0) is 22.7. The number of carbonyl (C=O) groups is 2. The van der Waals surface area contributed by atoms with Crippen LogP contribution in [0.3, 0.4) is 0 Å². The van der Waals surface area contributed by atoms with Crippen molar-refractivity contribution in [3.05, 3.63) is 65.8 Å². The van der Waals surface area contributed by atoms with Crippen molar-refractivity contribution in [2.45, 2.75) is 32.1 Å². The lowest BCUT2D eigenvalue weighted by atomic mass is 10.0. The predicted molar refractivity (Wildman–Crippen MR) is 115 cm³/mol. The van der Waals surface area contributed by atoms with Crippen LogP contribution >= 0.6 is 0 Å². The van der Waals surface area contributed by atoms with E-state index in [1.807, 2.05) is 24.3 Å². The summed E-state index contributed by atoms with van der Waals surface area (Å²) in [5, 5.41) is 10.3. The van der Waals surface area contributed by atoms with E-state index in [0.717, 1.165) is 0 Å². The van der Waals surface area contributed by atoms with E-state index in [1.54, 1.807) is 17.0 Å². The smallest absolute Gasteiger partial charge is 0.322 e. The molecule has 9 heteroatoms. The summed E-state index contributed by atoms with van der Waals surface area (Å²) in [5.74, 6) is -0.000334. The SMILES string of the molecule is CC(C)c1ccc(OCC(=O)Nc2nnc([C@@H]3CC(=O)N(c4ccc(F)cc4)C3)o2)cc1. The summed E-state index contributed by atoms with van der Waals surface area (Å²) in [4.78, 5) is 26.1. The van der Waals surface area contributed by atoms with E-state index < -0.39 is 5.91 Å². The highest BCUT2D eigenvalue weighted by Gasteiger charge is 2.35. The van der Waals surface area contributed by atoms with Crippen molar-refractivity contribution < 1.29 is 23.1 Å². The topological polar surface area (TPSA) is 97.6 Å². The van der Waals surface area contributed by atoms with E-state index in [1.165, 1.54) is 17.7 Å². The van der Waals surface area contributed by atoms with Crippen LogP contribution in [0.15, 0.2) is 52.9 Å². The summed E-state index contributed by atoms with van der Waals surface area (Å²) in [6.07, 6.45) is 0.183. The van der Waals surface area contributed by atoms with Crippen LogP contribution in [0.25, 0.3) is 0 Å². The number of benzene rings is 2. The van der Waals surface area contributed by atoms with Gasteiger partial charge in [-0.05, 0) is 47.9 Å². The molecule has 0 spiro atoms. The van der Waals surface area contributed by atoms with E-state index >= 15 is 0 Å². The van der Waals surface area contributed by atoms with Gasteiger partial charge in [0.05, 0.1) is 5.92 Å². The van der Waals surface area contributed by atoms with Crippen LogP contribution < -0.4 is 15.0 Å². The Hall–Kier alpha value is -3.75. The number of amides is 2. The first kappa shape index (κ1) is 21.5. The lowest BCUT2D eigenvalue weighted by Crippen LogP contribution is -2.24. The fraction of sp³-hybridized carbons (Fsp3) is 0.304. The Kier molecular flexibility index (Phi) is 6.16. The molecule has 8 nitrogen and oxygen atoms in total. The third kappa shape index (κ3) is 4.93. The molecule has 0 radical (unpaired) electrons. The molecule has 1 fully saturated rings. The number of nitrogens with zero attached hydrogens (tertiary/aromatic N) is 3. The summed E-state index contributed by atoms with van der Waals surface area (Å²) in [5.41, 5.74) is 1.79. The van der Waals surface area contributed by atoms with Gasteiger partial charge in [0.15, 0.2) is 6.61 Å². The third-order valence-corrected chi connectivity index (χ3v) is 5.22. The predicted octanol–water partition coefficient (Wildman–Crippen LogP) is 3.87. The van der Waals surface area contributed by atoms with E-state index in [9.17, 15) is 14.0 Å². The van der Waals surface area contributed by atoms with Gasteiger partial charge in [0, 0.05) is 18.7 Å². The van der Waals surface area contributed by atoms with Gasteiger partial charge in [-0.3, -0.25) is 14.9 Å². The quantitative estimate of drug-likeness (QED) is 0.601. The first-order valence-electron chi connectivity index (χ1n) is 10.3. The molecule has 1 N–H and O–H groups in total. The van der Waals surface area contributed by atoms with Crippen molar-refractivity contribution in [2.75, 3.05) is 23.4 Å². The molecule has 0 saturated carbocycles. The molecule has 2 amide bonds. The molecule has 0 aliphatic carbocycles. The Balaban J connectivity index is 1.31. The number of nitrogens with one attached hydrogen (secondary N) is 1. The molecule has 1 aromatic heterocycles. The van der Waals surface area contributed by atoms with Crippen LogP contribution in [0.5, 0.6) is 5.75 Å². The molecule has 1 aliphatic rings. The van der Waals surface area contributed by atoms with Crippen LogP contribution in [0.1, 0.15) is 43.6 Å². The number of rotatable bonds is 7. The fourth-order valence-corrected chi connectivity index (χ4v) is 3.45. The number of hydrogen-bond donors (Lipinski definition) is 1. The average molecular weight is 438 g/mol. The first-order chi connectivity index (χ1) is 15.4. The van der Waals surface area contributed by atoms with Gasteiger partial charge in [-0.1, -0.05) is 31.1 Å². The molecule has 4 rings (SSSR count). The van der Waals surface area contributed by atoms with Crippen molar-refractivity contribution >= 4 is 23.5 Å². The third-order valence-electron chi connectivity index (χ3n) is 5.22. The number of anilines is 2. The Morgan fingerprint density at radius 3 is 2.59 bits per heavy atom. The standard InChI is InChI=1S/C23H23FN4O4/c1-14(2)15-3-9-19(10-4-15)31-13-20(29)25-23-27-26-22(32-23)16-11-21(30)28(12-16)18-7-5-17(24)6-8-18/h3-10,14,16H,11-13H2,1-2H3,(H,25,27,29)/t16-/m1/s1. The summed E-state index contributed by atoms with van der Waals surface area (Å²) >= 11 is 0. The first-order valence-corrected chi connectivity index (χ1v) is 10.3. The van der Waals surface area contributed by atoms with Gasteiger partial charge in [0.1, 0.15) is 11.6 Å². The monoisotopic (exact) mass is 438 g/mol. The summed E-state index contributed by atoms with van der Waals surface area (Å²) in [7, 11) is 0. The minimum Gasteiger partial charge on any atom is -0.484 e. The van der Waals surface area contributed by atoms with Crippen molar-refractivity contribution in [3.63, 3.8) is 0 Å². The summed E-state index contributed by atoms with van der Waals surface area (Å²) in [6, 6.07) is 13.2. The van der Waals surface area contributed by atoms with Crippen LogP contribution in [-0.2, 0) is 9.59 Å². The molecule has 1 saturated heterocycles. The lowest BCUT2D eigenvalue weighted by Gasteiger charge is -2.15. The molecule has 3 aromatic rings. The van der Waals surface area contributed by atoms with Crippen molar-refractivity contribution in [2.24, 2.45) is 0 Å². The molecule has 0 unspecified atom stereocenters. The van der Waals surface area contributed by atoms with Crippen LogP contribution in [0, 0.1) is 5.82 Å².